The van der Waals surface area contributed by atoms with Gasteiger partial charge < -0.3 is 0 Å². The molecule has 0 heteroatoms. The third kappa shape index (κ3) is 7.50. The zero-order valence-electron chi connectivity index (χ0n) is 14.8. The average Bonchev–Trinajstić information content (AvgIpc) is 2.61. The van der Waals surface area contributed by atoms with Gasteiger partial charge in [0.05, 0.1) is 0 Å². The molecule has 0 aromatic heterocycles. The van der Waals surface area contributed by atoms with Crippen molar-refractivity contribution < 1.29 is 0 Å². The smallest absolute Gasteiger partial charge is 0.0238 e. The molecular formula is C23H32. The number of benzene rings is 2. The van der Waals surface area contributed by atoms with Gasteiger partial charge in [0, 0.05) is 0 Å². The van der Waals surface area contributed by atoms with Gasteiger partial charge in [-0.15, -0.1) is 0 Å². The summed E-state index contributed by atoms with van der Waals surface area (Å²) in [4.78, 5) is 0. The molecule has 23 heavy (non-hydrogen) atoms. The molecule has 0 saturated carbocycles. The standard InChI is InChI=1S/C23H32/c1-2-3-4-5-6-7-9-14-22-16-19-23(20-17-22)18-15-21-12-10-8-11-13-21/h8,10-13,16-17,19-20H,2-7,9,14-15,18H2,1H3. The van der Waals surface area contributed by atoms with E-state index < -0.39 is 0 Å². The lowest BCUT2D eigenvalue weighted by Crippen LogP contribution is -1.92. The van der Waals surface area contributed by atoms with Crippen molar-refractivity contribution in [2.24, 2.45) is 0 Å². The summed E-state index contributed by atoms with van der Waals surface area (Å²) in [5.41, 5.74) is 4.39. The van der Waals surface area contributed by atoms with E-state index in [0.717, 1.165) is 12.8 Å². The van der Waals surface area contributed by atoms with E-state index in [9.17, 15) is 0 Å². The SMILES string of the molecule is CCCCCCCCCc1ccc(CCc2ccccc2)cc1. The predicted octanol–water partition coefficient (Wildman–Crippen LogP) is 6.76. The van der Waals surface area contributed by atoms with Crippen LogP contribution in [0.2, 0.25) is 0 Å². The largest absolute Gasteiger partial charge is 0.0654 e. The topological polar surface area (TPSA) is 0 Å². The van der Waals surface area contributed by atoms with Gasteiger partial charge in [-0.1, -0.05) is 100 Å². The third-order valence-corrected chi connectivity index (χ3v) is 4.64. The number of aryl methyl sites for hydroxylation is 3. The number of hydrogen-bond donors (Lipinski definition) is 0. The molecule has 2 rings (SSSR count). The second-order valence-corrected chi connectivity index (χ2v) is 6.67. The van der Waals surface area contributed by atoms with Gasteiger partial charge in [0.15, 0.2) is 0 Å². The minimum Gasteiger partial charge on any atom is -0.0654 e. The lowest BCUT2D eigenvalue weighted by molar-refractivity contribution is 0.589. The van der Waals surface area contributed by atoms with Gasteiger partial charge in [0.1, 0.15) is 0 Å². The van der Waals surface area contributed by atoms with Crippen LogP contribution in [0.15, 0.2) is 54.6 Å². The molecule has 2 aromatic rings. The van der Waals surface area contributed by atoms with E-state index in [1.54, 1.807) is 0 Å². The number of hydrogen-bond acceptors (Lipinski definition) is 0. The minimum atomic E-state index is 1.14. The minimum absolute atomic E-state index is 1.14. The van der Waals surface area contributed by atoms with Crippen LogP contribution in [0.25, 0.3) is 0 Å². The Morgan fingerprint density at radius 2 is 0.957 bits per heavy atom. The second-order valence-electron chi connectivity index (χ2n) is 6.67. The second kappa shape index (κ2) is 11.0. The first-order chi connectivity index (χ1) is 11.4. The molecule has 0 atom stereocenters. The Balaban J connectivity index is 1.62. The van der Waals surface area contributed by atoms with Crippen LogP contribution < -0.4 is 0 Å². The van der Waals surface area contributed by atoms with E-state index in [2.05, 4.69) is 61.5 Å². The number of rotatable bonds is 11. The van der Waals surface area contributed by atoms with Crippen molar-refractivity contribution in [2.45, 2.75) is 71.1 Å². The summed E-state index contributed by atoms with van der Waals surface area (Å²) in [7, 11) is 0. The summed E-state index contributed by atoms with van der Waals surface area (Å²) in [5.74, 6) is 0. The van der Waals surface area contributed by atoms with E-state index >= 15 is 0 Å². The highest BCUT2D eigenvalue weighted by atomic mass is 14.0. The van der Waals surface area contributed by atoms with Crippen molar-refractivity contribution >= 4 is 0 Å². The summed E-state index contributed by atoms with van der Waals surface area (Å²) in [5, 5.41) is 0. The van der Waals surface area contributed by atoms with E-state index in [-0.39, 0.29) is 0 Å². The monoisotopic (exact) mass is 308 g/mol. The molecule has 2 aromatic carbocycles. The highest BCUT2D eigenvalue weighted by molar-refractivity contribution is 5.24. The van der Waals surface area contributed by atoms with Gasteiger partial charge in [-0.3, -0.25) is 0 Å². The molecule has 0 aliphatic rings. The summed E-state index contributed by atoms with van der Waals surface area (Å²) >= 11 is 0. The van der Waals surface area contributed by atoms with Crippen LogP contribution in [0.3, 0.4) is 0 Å². The van der Waals surface area contributed by atoms with Crippen LogP contribution in [-0.4, -0.2) is 0 Å². The summed E-state index contributed by atoms with van der Waals surface area (Å²) in [6.07, 6.45) is 13.3. The normalized spacial score (nSPS) is 10.8. The van der Waals surface area contributed by atoms with Crippen molar-refractivity contribution in [3.8, 4) is 0 Å². The molecule has 0 radical (unpaired) electrons. The molecule has 0 aliphatic heterocycles. The molecule has 0 unspecified atom stereocenters. The number of unbranched alkanes of at least 4 members (excludes halogenated alkanes) is 6. The van der Waals surface area contributed by atoms with Crippen LogP contribution in [0.1, 0.15) is 68.6 Å². The first-order valence-electron chi connectivity index (χ1n) is 9.50. The van der Waals surface area contributed by atoms with Crippen molar-refractivity contribution in [3.05, 3.63) is 71.3 Å². The fourth-order valence-corrected chi connectivity index (χ4v) is 3.09. The highest BCUT2D eigenvalue weighted by Gasteiger charge is 1.98. The van der Waals surface area contributed by atoms with Crippen LogP contribution in [0, 0.1) is 0 Å². The van der Waals surface area contributed by atoms with Gasteiger partial charge in [-0.25, -0.2) is 0 Å². The Hall–Kier alpha value is -1.56. The van der Waals surface area contributed by atoms with Gasteiger partial charge in [0.2, 0.25) is 0 Å². The zero-order valence-corrected chi connectivity index (χ0v) is 14.8. The summed E-state index contributed by atoms with van der Waals surface area (Å²) in [6.45, 7) is 2.28. The Bertz CT molecular complexity index is 509. The van der Waals surface area contributed by atoms with Gasteiger partial charge >= 0.3 is 0 Å². The Morgan fingerprint density at radius 1 is 0.478 bits per heavy atom. The Morgan fingerprint density at radius 3 is 1.57 bits per heavy atom. The van der Waals surface area contributed by atoms with Crippen LogP contribution in [0.5, 0.6) is 0 Å². The van der Waals surface area contributed by atoms with E-state index in [1.165, 1.54) is 68.1 Å². The van der Waals surface area contributed by atoms with Crippen molar-refractivity contribution in [3.63, 3.8) is 0 Å². The maximum Gasteiger partial charge on any atom is -0.0238 e. The highest BCUT2D eigenvalue weighted by Crippen LogP contribution is 2.13. The predicted molar refractivity (Wildman–Crippen MR) is 102 cm³/mol. The van der Waals surface area contributed by atoms with Gasteiger partial charge in [0.25, 0.3) is 0 Å². The summed E-state index contributed by atoms with van der Waals surface area (Å²) in [6, 6.07) is 20.1. The first-order valence-corrected chi connectivity index (χ1v) is 9.50. The van der Waals surface area contributed by atoms with E-state index in [4.69, 9.17) is 0 Å². The quantitative estimate of drug-likeness (QED) is 0.402. The molecule has 0 fully saturated rings. The molecule has 0 bridgehead atoms. The van der Waals surface area contributed by atoms with E-state index in [0.29, 0.717) is 0 Å². The maximum atomic E-state index is 2.33. The van der Waals surface area contributed by atoms with Crippen LogP contribution >= 0.6 is 0 Å². The first kappa shape index (κ1) is 17.8. The fourth-order valence-electron chi connectivity index (χ4n) is 3.09. The molecule has 0 amide bonds. The molecule has 0 heterocycles. The molecule has 0 saturated heterocycles. The van der Waals surface area contributed by atoms with Gasteiger partial charge in [-0.2, -0.15) is 0 Å². The van der Waals surface area contributed by atoms with E-state index in [1.807, 2.05) is 0 Å². The molecule has 0 spiro atoms. The molecule has 0 nitrogen and oxygen atoms in total. The molecule has 0 aliphatic carbocycles. The lowest BCUT2D eigenvalue weighted by atomic mass is 10.0. The van der Waals surface area contributed by atoms with Crippen molar-refractivity contribution in [1.29, 1.82) is 0 Å². The van der Waals surface area contributed by atoms with Crippen LogP contribution in [0.4, 0.5) is 0 Å². The molecule has 124 valence electrons. The zero-order chi connectivity index (χ0) is 16.2. The average molecular weight is 309 g/mol. The lowest BCUT2D eigenvalue weighted by Gasteiger charge is -2.05. The Kier molecular flexibility index (Phi) is 8.55. The molecular weight excluding hydrogens is 276 g/mol. The van der Waals surface area contributed by atoms with Crippen LogP contribution in [-0.2, 0) is 19.3 Å². The van der Waals surface area contributed by atoms with Crippen molar-refractivity contribution in [1.82, 2.24) is 0 Å². The van der Waals surface area contributed by atoms with Crippen molar-refractivity contribution in [2.75, 3.05) is 0 Å². The van der Waals surface area contributed by atoms with Gasteiger partial charge in [-0.05, 0) is 42.4 Å². The fraction of sp³-hybridized carbons (Fsp3) is 0.478. The molecule has 0 N–H and O–H groups in total. The Labute approximate surface area is 143 Å². The maximum absolute atomic E-state index is 2.33. The third-order valence-electron chi connectivity index (χ3n) is 4.64. The summed E-state index contributed by atoms with van der Waals surface area (Å²) < 4.78 is 0.